The minimum absolute atomic E-state index is 0.0723. The molecule has 0 radical (unpaired) electrons. The fraction of sp³-hybridized carbons (Fsp3) is 0.462. The summed E-state index contributed by atoms with van der Waals surface area (Å²) in [6.45, 7) is 3.82. The summed E-state index contributed by atoms with van der Waals surface area (Å²) in [7, 11) is 0. The Hall–Kier alpha value is -2.53. The lowest BCUT2D eigenvalue weighted by Gasteiger charge is -2.36. The van der Waals surface area contributed by atoms with Crippen molar-refractivity contribution in [2.24, 2.45) is 5.92 Å². The van der Waals surface area contributed by atoms with Gasteiger partial charge in [0.15, 0.2) is 0 Å². The predicted octanol–water partition coefficient (Wildman–Crippen LogP) is 4.13. The normalized spacial score (nSPS) is 21.2. The van der Waals surface area contributed by atoms with E-state index in [1.807, 2.05) is 46.2 Å². The SMILES string of the molecule is O=C(C1CCN(C(=O)C2Cc3ccccc3N2Cc2ccc(Cl)cc2)CC1)N1CCCC1. The van der Waals surface area contributed by atoms with E-state index in [-0.39, 0.29) is 17.9 Å². The maximum absolute atomic E-state index is 13.6. The molecule has 0 bridgehead atoms. The second-order valence-corrected chi connectivity index (χ2v) is 9.67. The molecule has 3 heterocycles. The maximum Gasteiger partial charge on any atom is 0.245 e. The van der Waals surface area contributed by atoms with Crippen LogP contribution in [0.1, 0.15) is 36.8 Å². The molecule has 0 aromatic heterocycles. The van der Waals surface area contributed by atoms with Crippen molar-refractivity contribution in [2.45, 2.75) is 44.7 Å². The van der Waals surface area contributed by atoms with Crippen LogP contribution in [-0.2, 0) is 22.6 Å². The van der Waals surface area contributed by atoms with Crippen molar-refractivity contribution in [2.75, 3.05) is 31.1 Å². The monoisotopic (exact) mass is 451 g/mol. The third kappa shape index (κ3) is 4.23. The van der Waals surface area contributed by atoms with E-state index in [0.717, 1.165) is 61.5 Å². The molecule has 168 valence electrons. The fourth-order valence-corrected chi connectivity index (χ4v) is 5.53. The average molecular weight is 452 g/mol. The van der Waals surface area contributed by atoms with Crippen LogP contribution in [0, 0.1) is 5.92 Å². The van der Waals surface area contributed by atoms with Gasteiger partial charge in [-0.1, -0.05) is 41.9 Å². The van der Waals surface area contributed by atoms with Crippen molar-refractivity contribution < 1.29 is 9.59 Å². The predicted molar refractivity (Wildman–Crippen MR) is 127 cm³/mol. The lowest BCUT2D eigenvalue weighted by molar-refractivity contribution is -0.140. The maximum atomic E-state index is 13.6. The number of likely N-dealkylation sites (tertiary alicyclic amines) is 2. The Balaban J connectivity index is 1.28. The smallest absolute Gasteiger partial charge is 0.245 e. The summed E-state index contributed by atoms with van der Waals surface area (Å²) < 4.78 is 0. The van der Waals surface area contributed by atoms with Crippen molar-refractivity contribution in [3.05, 3.63) is 64.7 Å². The van der Waals surface area contributed by atoms with E-state index in [1.54, 1.807) is 0 Å². The summed E-state index contributed by atoms with van der Waals surface area (Å²) in [5.41, 5.74) is 3.50. The van der Waals surface area contributed by atoms with Crippen LogP contribution in [0.2, 0.25) is 5.02 Å². The first-order valence-electron chi connectivity index (χ1n) is 11.8. The van der Waals surface area contributed by atoms with Gasteiger partial charge in [-0.3, -0.25) is 9.59 Å². The van der Waals surface area contributed by atoms with E-state index < -0.39 is 0 Å². The van der Waals surface area contributed by atoms with Crippen LogP contribution in [0.25, 0.3) is 0 Å². The third-order valence-corrected chi connectivity index (χ3v) is 7.47. The molecule has 0 spiro atoms. The van der Waals surface area contributed by atoms with E-state index in [1.165, 1.54) is 5.56 Å². The zero-order chi connectivity index (χ0) is 22.1. The highest BCUT2D eigenvalue weighted by Crippen LogP contribution is 2.35. The van der Waals surface area contributed by atoms with Crippen LogP contribution in [0.3, 0.4) is 0 Å². The van der Waals surface area contributed by atoms with Gasteiger partial charge < -0.3 is 14.7 Å². The second-order valence-electron chi connectivity index (χ2n) is 9.23. The molecular formula is C26H30ClN3O2. The minimum Gasteiger partial charge on any atom is -0.355 e. The number of para-hydroxylation sites is 1. The number of amides is 2. The molecule has 6 heteroatoms. The van der Waals surface area contributed by atoms with Gasteiger partial charge in [-0.05, 0) is 55.0 Å². The Morgan fingerprint density at radius 3 is 2.22 bits per heavy atom. The number of piperidine rings is 1. The number of hydrogen-bond acceptors (Lipinski definition) is 3. The molecule has 2 fully saturated rings. The number of fused-ring (bicyclic) bond motifs is 1. The van der Waals surface area contributed by atoms with Gasteiger partial charge in [0, 0.05) is 55.8 Å². The zero-order valence-corrected chi connectivity index (χ0v) is 19.1. The van der Waals surface area contributed by atoms with E-state index in [9.17, 15) is 9.59 Å². The molecule has 32 heavy (non-hydrogen) atoms. The molecule has 2 saturated heterocycles. The first kappa shape index (κ1) is 21.3. The zero-order valence-electron chi connectivity index (χ0n) is 18.4. The van der Waals surface area contributed by atoms with Gasteiger partial charge >= 0.3 is 0 Å². The quantitative estimate of drug-likeness (QED) is 0.702. The molecule has 2 aromatic rings. The Bertz CT molecular complexity index is 979. The van der Waals surface area contributed by atoms with Crippen molar-refractivity contribution in [3.63, 3.8) is 0 Å². The molecule has 0 N–H and O–H groups in total. The Morgan fingerprint density at radius 2 is 1.50 bits per heavy atom. The summed E-state index contributed by atoms with van der Waals surface area (Å²) in [5.74, 6) is 0.553. The standard InChI is InChI=1S/C26H30ClN3O2/c27-22-9-7-19(8-10-22)18-30-23-6-2-1-5-21(23)17-24(30)26(32)29-15-11-20(12-16-29)25(31)28-13-3-4-14-28/h1-2,5-10,20,24H,3-4,11-18H2. The second kappa shape index (κ2) is 9.14. The summed E-state index contributed by atoms with van der Waals surface area (Å²) in [6, 6.07) is 16.0. The summed E-state index contributed by atoms with van der Waals surface area (Å²) in [6.07, 6.45) is 4.52. The van der Waals surface area contributed by atoms with E-state index in [2.05, 4.69) is 17.0 Å². The molecule has 0 aliphatic carbocycles. The van der Waals surface area contributed by atoms with Gasteiger partial charge in [0.05, 0.1) is 0 Å². The van der Waals surface area contributed by atoms with Gasteiger partial charge in [-0.15, -0.1) is 0 Å². The molecule has 5 nitrogen and oxygen atoms in total. The summed E-state index contributed by atoms with van der Waals surface area (Å²) in [4.78, 5) is 32.6. The molecule has 1 unspecified atom stereocenters. The van der Waals surface area contributed by atoms with Crippen LogP contribution in [0.5, 0.6) is 0 Å². The topological polar surface area (TPSA) is 43.9 Å². The fourth-order valence-electron chi connectivity index (χ4n) is 5.41. The molecule has 3 aliphatic heterocycles. The molecule has 2 aromatic carbocycles. The molecule has 0 saturated carbocycles. The first-order chi connectivity index (χ1) is 15.6. The number of benzene rings is 2. The van der Waals surface area contributed by atoms with Crippen LogP contribution < -0.4 is 4.90 Å². The molecule has 1 atom stereocenters. The highest BCUT2D eigenvalue weighted by Gasteiger charge is 2.39. The number of carbonyl (C=O) groups excluding carboxylic acids is 2. The number of nitrogens with zero attached hydrogens (tertiary/aromatic N) is 3. The molecular weight excluding hydrogens is 422 g/mol. The Labute approximate surface area is 194 Å². The highest BCUT2D eigenvalue weighted by atomic mass is 35.5. The average Bonchev–Trinajstić information content (AvgIpc) is 3.49. The Kier molecular flexibility index (Phi) is 6.09. The molecule has 5 rings (SSSR count). The van der Waals surface area contributed by atoms with Crippen LogP contribution >= 0.6 is 11.6 Å². The van der Waals surface area contributed by atoms with Gasteiger partial charge in [0.2, 0.25) is 11.8 Å². The van der Waals surface area contributed by atoms with Gasteiger partial charge in [0.25, 0.3) is 0 Å². The largest absolute Gasteiger partial charge is 0.355 e. The highest BCUT2D eigenvalue weighted by molar-refractivity contribution is 6.30. The third-order valence-electron chi connectivity index (χ3n) is 7.22. The number of anilines is 1. The van der Waals surface area contributed by atoms with E-state index in [0.29, 0.717) is 25.5 Å². The lowest BCUT2D eigenvalue weighted by atomic mass is 9.94. The van der Waals surface area contributed by atoms with Crippen LogP contribution in [0.15, 0.2) is 48.5 Å². The number of rotatable bonds is 4. The summed E-state index contributed by atoms with van der Waals surface area (Å²) >= 11 is 6.06. The summed E-state index contributed by atoms with van der Waals surface area (Å²) in [5, 5.41) is 0.717. The molecule has 3 aliphatic rings. The van der Waals surface area contributed by atoms with Crippen molar-refractivity contribution >= 4 is 29.1 Å². The van der Waals surface area contributed by atoms with Crippen molar-refractivity contribution in [3.8, 4) is 0 Å². The van der Waals surface area contributed by atoms with Crippen molar-refractivity contribution in [1.82, 2.24) is 9.80 Å². The first-order valence-corrected chi connectivity index (χ1v) is 12.1. The van der Waals surface area contributed by atoms with Gasteiger partial charge in [-0.2, -0.15) is 0 Å². The molecule has 2 amide bonds. The number of halogens is 1. The van der Waals surface area contributed by atoms with Crippen LogP contribution in [-0.4, -0.2) is 53.8 Å². The van der Waals surface area contributed by atoms with Gasteiger partial charge in [0.1, 0.15) is 6.04 Å². The lowest BCUT2D eigenvalue weighted by Crippen LogP contribution is -2.51. The van der Waals surface area contributed by atoms with Crippen molar-refractivity contribution in [1.29, 1.82) is 0 Å². The number of carbonyl (C=O) groups is 2. The number of hydrogen-bond donors (Lipinski definition) is 0. The van der Waals surface area contributed by atoms with E-state index >= 15 is 0 Å². The van der Waals surface area contributed by atoms with E-state index in [4.69, 9.17) is 11.6 Å². The Morgan fingerprint density at radius 1 is 0.844 bits per heavy atom. The van der Waals surface area contributed by atoms with Crippen LogP contribution in [0.4, 0.5) is 5.69 Å². The minimum atomic E-state index is -0.200. The van der Waals surface area contributed by atoms with Gasteiger partial charge in [-0.25, -0.2) is 0 Å².